The number of benzene rings is 1. The molecule has 84 valence electrons. The molecular formula is C10H11BrF3N. The molecule has 0 saturated heterocycles. The summed E-state index contributed by atoms with van der Waals surface area (Å²) in [7, 11) is 0. The van der Waals surface area contributed by atoms with Crippen LogP contribution < -0.4 is 5.32 Å². The average molecular weight is 282 g/mol. The molecular weight excluding hydrogens is 271 g/mol. The van der Waals surface area contributed by atoms with Crippen LogP contribution in [-0.2, 0) is 6.54 Å². The fourth-order valence-corrected chi connectivity index (χ4v) is 1.59. The summed E-state index contributed by atoms with van der Waals surface area (Å²) in [6.07, 6.45) is -4.15. The first kappa shape index (κ1) is 12.5. The molecule has 1 rings (SSSR count). The summed E-state index contributed by atoms with van der Waals surface area (Å²) >= 11 is 3.33. The van der Waals surface area contributed by atoms with Gasteiger partial charge in [-0.05, 0) is 24.1 Å². The molecule has 0 atom stereocenters. The Labute approximate surface area is 94.8 Å². The molecule has 0 radical (unpaired) electrons. The van der Waals surface area contributed by atoms with E-state index in [1.807, 2.05) is 25.1 Å². The summed E-state index contributed by atoms with van der Waals surface area (Å²) in [4.78, 5) is 0. The SMILES string of the molecule is Cc1c(Br)cccc1CNCC(F)(F)F. The minimum atomic E-state index is -4.15. The van der Waals surface area contributed by atoms with Crippen molar-refractivity contribution in [2.24, 2.45) is 0 Å². The molecule has 1 aromatic rings. The van der Waals surface area contributed by atoms with Gasteiger partial charge in [-0.15, -0.1) is 0 Å². The van der Waals surface area contributed by atoms with Crippen molar-refractivity contribution < 1.29 is 13.2 Å². The summed E-state index contributed by atoms with van der Waals surface area (Å²) in [5.74, 6) is 0. The molecule has 0 heterocycles. The first-order valence-electron chi connectivity index (χ1n) is 4.41. The summed E-state index contributed by atoms with van der Waals surface area (Å²) in [5, 5.41) is 2.36. The van der Waals surface area contributed by atoms with Gasteiger partial charge in [0.15, 0.2) is 0 Å². The molecule has 0 aliphatic heterocycles. The zero-order chi connectivity index (χ0) is 11.5. The molecule has 0 aromatic heterocycles. The lowest BCUT2D eigenvalue weighted by molar-refractivity contribution is -0.125. The Bertz CT molecular complexity index is 336. The molecule has 0 bridgehead atoms. The molecule has 1 aromatic carbocycles. The Morgan fingerprint density at radius 1 is 1.33 bits per heavy atom. The third-order valence-corrected chi connectivity index (χ3v) is 2.88. The van der Waals surface area contributed by atoms with Crippen LogP contribution in [0.1, 0.15) is 11.1 Å². The van der Waals surface area contributed by atoms with Crippen molar-refractivity contribution in [3.8, 4) is 0 Å². The molecule has 0 amide bonds. The molecule has 5 heteroatoms. The minimum absolute atomic E-state index is 0.227. The summed E-state index contributed by atoms with van der Waals surface area (Å²) in [5.41, 5.74) is 1.83. The van der Waals surface area contributed by atoms with E-state index in [9.17, 15) is 13.2 Å². The van der Waals surface area contributed by atoms with Gasteiger partial charge < -0.3 is 5.32 Å². The van der Waals surface area contributed by atoms with E-state index in [1.165, 1.54) is 0 Å². The van der Waals surface area contributed by atoms with E-state index in [4.69, 9.17) is 0 Å². The van der Waals surface area contributed by atoms with Crippen LogP contribution in [0.2, 0.25) is 0 Å². The van der Waals surface area contributed by atoms with Crippen LogP contribution in [0.25, 0.3) is 0 Å². The van der Waals surface area contributed by atoms with Crippen molar-refractivity contribution in [3.63, 3.8) is 0 Å². The van der Waals surface area contributed by atoms with E-state index in [-0.39, 0.29) is 6.54 Å². The van der Waals surface area contributed by atoms with Crippen LogP contribution >= 0.6 is 15.9 Å². The zero-order valence-corrected chi connectivity index (χ0v) is 9.74. The Morgan fingerprint density at radius 3 is 2.60 bits per heavy atom. The van der Waals surface area contributed by atoms with Gasteiger partial charge in [-0.25, -0.2) is 0 Å². The summed E-state index contributed by atoms with van der Waals surface area (Å²) < 4.78 is 36.5. The molecule has 0 spiro atoms. The van der Waals surface area contributed by atoms with Crippen LogP contribution in [0.3, 0.4) is 0 Å². The van der Waals surface area contributed by atoms with Gasteiger partial charge in [0.1, 0.15) is 0 Å². The van der Waals surface area contributed by atoms with E-state index in [0.29, 0.717) is 0 Å². The quantitative estimate of drug-likeness (QED) is 0.895. The van der Waals surface area contributed by atoms with Crippen LogP contribution in [-0.4, -0.2) is 12.7 Å². The summed E-state index contributed by atoms with van der Waals surface area (Å²) in [6.45, 7) is 1.14. The number of halogens is 4. The van der Waals surface area contributed by atoms with Crippen molar-refractivity contribution in [2.75, 3.05) is 6.54 Å². The largest absolute Gasteiger partial charge is 0.401 e. The number of nitrogens with one attached hydrogen (secondary N) is 1. The second kappa shape index (κ2) is 4.99. The monoisotopic (exact) mass is 281 g/mol. The van der Waals surface area contributed by atoms with Gasteiger partial charge in [-0.1, -0.05) is 28.1 Å². The molecule has 0 fully saturated rings. The van der Waals surface area contributed by atoms with Gasteiger partial charge in [-0.3, -0.25) is 0 Å². The van der Waals surface area contributed by atoms with Gasteiger partial charge in [0.05, 0.1) is 6.54 Å². The molecule has 0 unspecified atom stereocenters. The van der Waals surface area contributed by atoms with E-state index in [1.54, 1.807) is 0 Å². The topological polar surface area (TPSA) is 12.0 Å². The van der Waals surface area contributed by atoms with Crippen molar-refractivity contribution in [1.29, 1.82) is 0 Å². The Hall–Kier alpha value is -0.550. The fourth-order valence-electron chi connectivity index (χ4n) is 1.18. The Morgan fingerprint density at radius 2 is 2.00 bits per heavy atom. The Balaban J connectivity index is 2.55. The standard InChI is InChI=1S/C10H11BrF3N/c1-7-8(3-2-4-9(7)11)5-15-6-10(12,13)14/h2-4,15H,5-6H2,1H3. The second-order valence-electron chi connectivity index (χ2n) is 3.24. The van der Waals surface area contributed by atoms with Crippen molar-refractivity contribution in [2.45, 2.75) is 19.6 Å². The number of hydrogen-bond acceptors (Lipinski definition) is 1. The predicted molar refractivity (Wildman–Crippen MR) is 56.6 cm³/mol. The maximum atomic E-state index is 11.9. The first-order chi connectivity index (χ1) is 6.90. The second-order valence-corrected chi connectivity index (χ2v) is 4.10. The van der Waals surface area contributed by atoms with Crippen LogP contribution in [0.15, 0.2) is 22.7 Å². The lowest BCUT2D eigenvalue weighted by Crippen LogP contribution is -2.28. The third-order valence-electron chi connectivity index (χ3n) is 2.02. The Kier molecular flexibility index (Phi) is 4.16. The first-order valence-corrected chi connectivity index (χ1v) is 5.21. The third kappa shape index (κ3) is 4.22. The molecule has 0 aliphatic carbocycles. The van der Waals surface area contributed by atoms with Crippen molar-refractivity contribution in [3.05, 3.63) is 33.8 Å². The highest BCUT2D eigenvalue weighted by molar-refractivity contribution is 9.10. The van der Waals surface area contributed by atoms with Gasteiger partial charge in [-0.2, -0.15) is 13.2 Å². The van der Waals surface area contributed by atoms with Gasteiger partial charge in [0.25, 0.3) is 0 Å². The normalized spacial score (nSPS) is 11.8. The molecule has 1 N–H and O–H groups in total. The molecule has 0 aliphatic rings. The maximum Gasteiger partial charge on any atom is 0.401 e. The van der Waals surface area contributed by atoms with Crippen LogP contribution in [0, 0.1) is 6.92 Å². The van der Waals surface area contributed by atoms with E-state index in [2.05, 4.69) is 21.2 Å². The predicted octanol–water partition coefficient (Wildman–Crippen LogP) is 3.41. The lowest BCUT2D eigenvalue weighted by Gasteiger charge is -2.10. The van der Waals surface area contributed by atoms with Gasteiger partial charge in [0.2, 0.25) is 0 Å². The van der Waals surface area contributed by atoms with E-state index >= 15 is 0 Å². The highest BCUT2D eigenvalue weighted by atomic mass is 79.9. The van der Waals surface area contributed by atoms with Crippen molar-refractivity contribution >= 4 is 15.9 Å². The van der Waals surface area contributed by atoms with E-state index < -0.39 is 12.7 Å². The number of alkyl halides is 3. The van der Waals surface area contributed by atoms with Crippen molar-refractivity contribution in [1.82, 2.24) is 5.32 Å². The number of hydrogen-bond donors (Lipinski definition) is 1. The smallest absolute Gasteiger partial charge is 0.305 e. The molecule has 1 nitrogen and oxygen atoms in total. The van der Waals surface area contributed by atoms with E-state index in [0.717, 1.165) is 15.6 Å². The van der Waals surface area contributed by atoms with Gasteiger partial charge >= 0.3 is 6.18 Å². The van der Waals surface area contributed by atoms with Crippen LogP contribution in [0.4, 0.5) is 13.2 Å². The average Bonchev–Trinajstić information content (AvgIpc) is 2.10. The fraction of sp³-hybridized carbons (Fsp3) is 0.400. The maximum absolute atomic E-state index is 11.9. The molecule has 0 saturated carbocycles. The molecule has 15 heavy (non-hydrogen) atoms. The minimum Gasteiger partial charge on any atom is -0.305 e. The number of rotatable bonds is 3. The highest BCUT2D eigenvalue weighted by Crippen LogP contribution is 2.19. The zero-order valence-electron chi connectivity index (χ0n) is 8.16. The highest BCUT2D eigenvalue weighted by Gasteiger charge is 2.26. The lowest BCUT2D eigenvalue weighted by atomic mass is 10.1. The van der Waals surface area contributed by atoms with Gasteiger partial charge in [0, 0.05) is 11.0 Å². The summed E-state index contributed by atoms with van der Waals surface area (Å²) in [6, 6.07) is 5.48. The van der Waals surface area contributed by atoms with Crippen LogP contribution in [0.5, 0.6) is 0 Å².